The van der Waals surface area contributed by atoms with Gasteiger partial charge in [-0.3, -0.25) is 9.69 Å². The summed E-state index contributed by atoms with van der Waals surface area (Å²) in [6.45, 7) is 3.84. The number of carbonyl (C=O) groups is 1. The molecule has 4 rings (SSSR count). The van der Waals surface area contributed by atoms with Crippen molar-refractivity contribution >= 4 is 11.6 Å². The van der Waals surface area contributed by atoms with Crippen molar-refractivity contribution in [3.63, 3.8) is 0 Å². The predicted molar refractivity (Wildman–Crippen MR) is 82.9 cm³/mol. The molecular weight excluding hydrogens is 294 g/mol. The monoisotopic (exact) mass is 311 g/mol. The number of aromatic nitrogens is 3. The third-order valence-electron chi connectivity index (χ3n) is 4.07. The first-order valence-corrected chi connectivity index (χ1v) is 7.64. The number of fused-ring (bicyclic) bond motifs is 1. The zero-order valence-corrected chi connectivity index (χ0v) is 12.6. The molecule has 7 heteroatoms. The molecule has 0 bridgehead atoms. The summed E-state index contributed by atoms with van der Waals surface area (Å²) in [5.41, 5.74) is 1.13. The normalized spacial score (nSPS) is 16.1. The van der Waals surface area contributed by atoms with Crippen LogP contribution >= 0.6 is 0 Å². The summed E-state index contributed by atoms with van der Waals surface area (Å²) >= 11 is 0. The van der Waals surface area contributed by atoms with Gasteiger partial charge in [-0.2, -0.15) is 5.10 Å². The number of piperazine rings is 1. The first-order chi connectivity index (χ1) is 11.3. The molecule has 0 radical (unpaired) electrons. The molecule has 0 spiro atoms. The Labute approximate surface area is 133 Å². The van der Waals surface area contributed by atoms with E-state index in [9.17, 15) is 4.79 Å². The molecule has 23 heavy (non-hydrogen) atoms. The molecule has 0 atom stereocenters. The van der Waals surface area contributed by atoms with Crippen LogP contribution in [0.25, 0.3) is 5.65 Å². The Morgan fingerprint density at radius 1 is 1.22 bits per heavy atom. The van der Waals surface area contributed by atoms with Crippen LogP contribution in [0.3, 0.4) is 0 Å². The summed E-state index contributed by atoms with van der Waals surface area (Å²) in [7, 11) is 0. The molecule has 0 aromatic carbocycles. The second kappa shape index (κ2) is 5.85. The molecule has 1 saturated heterocycles. The fourth-order valence-corrected chi connectivity index (χ4v) is 2.83. The largest absolute Gasteiger partial charge is 0.468 e. The van der Waals surface area contributed by atoms with Crippen LogP contribution in [0.1, 0.15) is 16.2 Å². The Kier molecular flexibility index (Phi) is 3.55. The fraction of sp³-hybridized carbons (Fsp3) is 0.312. The first-order valence-electron chi connectivity index (χ1n) is 7.64. The quantitative estimate of drug-likeness (QED) is 0.729. The summed E-state index contributed by atoms with van der Waals surface area (Å²) in [6.07, 6.45) is 5.17. The van der Waals surface area contributed by atoms with Gasteiger partial charge in [-0.05, 0) is 18.2 Å². The number of nitrogens with zero attached hydrogens (tertiary/aromatic N) is 5. The molecule has 4 heterocycles. The Hall–Kier alpha value is -2.67. The average molecular weight is 311 g/mol. The van der Waals surface area contributed by atoms with Crippen molar-refractivity contribution < 1.29 is 9.21 Å². The van der Waals surface area contributed by atoms with Crippen LogP contribution < -0.4 is 0 Å². The van der Waals surface area contributed by atoms with Crippen molar-refractivity contribution in [2.45, 2.75) is 6.54 Å². The molecule has 1 amide bonds. The lowest BCUT2D eigenvalue weighted by Crippen LogP contribution is -2.48. The highest BCUT2D eigenvalue weighted by Crippen LogP contribution is 2.12. The molecule has 7 nitrogen and oxygen atoms in total. The van der Waals surface area contributed by atoms with Gasteiger partial charge in [-0.1, -0.05) is 0 Å². The molecule has 0 N–H and O–H groups in total. The molecular formula is C16H17N5O2. The highest BCUT2D eigenvalue weighted by molar-refractivity contribution is 5.93. The van der Waals surface area contributed by atoms with Gasteiger partial charge < -0.3 is 9.32 Å². The van der Waals surface area contributed by atoms with E-state index in [2.05, 4.69) is 15.0 Å². The second-order valence-corrected chi connectivity index (χ2v) is 5.60. The summed E-state index contributed by atoms with van der Waals surface area (Å²) in [6, 6.07) is 7.40. The lowest BCUT2D eigenvalue weighted by Gasteiger charge is -2.33. The maximum Gasteiger partial charge on any atom is 0.274 e. The third kappa shape index (κ3) is 2.83. The van der Waals surface area contributed by atoms with E-state index in [1.54, 1.807) is 35.3 Å². The molecule has 0 unspecified atom stereocenters. The van der Waals surface area contributed by atoms with E-state index >= 15 is 0 Å². The minimum Gasteiger partial charge on any atom is -0.468 e. The Bertz CT molecular complexity index is 770. The SMILES string of the molecule is O=C(c1cc2ncccn2n1)N1CCN(Cc2ccco2)CC1. The van der Waals surface area contributed by atoms with Crippen molar-refractivity contribution in [3.05, 3.63) is 54.4 Å². The Morgan fingerprint density at radius 2 is 2.09 bits per heavy atom. The van der Waals surface area contributed by atoms with Gasteiger partial charge in [-0.15, -0.1) is 0 Å². The van der Waals surface area contributed by atoms with Crippen molar-refractivity contribution in [2.75, 3.05) is 26.2 Å². The summed E-state index contributed by atoms with van der Waals surface area (Å²) in [5.74, 6) is 0.921. The summed E-state index contributed by atoms with van der Waals surface area (Å²) in [4.78, 5) is 20.9. The van der Waals surface area contributed by atoms with Crippen LogP contribution in [0.4, 0.5) is 0 Å². The van der Waals surface area contributed by atoms with E-state index in [1.807, 2.05) is 17.0 Å². The number of amides is 1. The Balaban J connectivity index is 1.40. The van der Waals surface area contributed by atoms with Gasteiger partial charge in [0, 0.05) is 44.6 Å². The van der Waals surface area contributed by atoms with E-state index in [-0.39, 0.29) is 5.91 Å². The van der Waals surface area contributed by atoms with E-state index in [0.29, 0.717) is 24.4 Å². The molecule has 118 valence electrons. The number of hydrogen-bond acceptors (Lipinski definition) is 5. The topological polar surface area (TPSA) is 66.9 Å². The molecule has 0 aliphatic carbocycles. The average Bonchev–Trinajstić information content (AvgIpc) is 3.24. The van der Waals surface area contributed by atoms with Crippen molar-refractivity contribution in [1.29, 1.82) is 0 Å². The molecule has 3 aromatic rings. The van der Waals surface area contributed by atoms with Gasteiger partial charge >= 0.3 is 0 Å². The standard InChI is InChI=1S/C16H17N5O2/c22-16(14-11-15-17-4-2-5-21(15)18-14)20-8-6-19(7-9-20)12-13-3-1-10-23-13/h1-5,10-11H,6-9,12H2. The smallest absolute Gasteiger partial charge is 0.274 e. The molecule has 0 saturated carbocycles. The summed E-state index contributed by atoms with van der Waals surface area (Å²) < 4.78 is 7.00. The van der Waals surface area contributed by atoms with E-state index in [0.717, 1.165) is 25.4 Å². The highest BCUT2D eigenvalue weighted by atomic mass is 16.3. The zero-order valence-electron chi connectivity index (χ0n) is 12.6. The van der Waals surface area contributed by atoms with Crippen molar-refractivity contribution in [3.8, 4) is 0 Å². The van der Waals surface area contributed by atoms with E-state index < -0.39 is 0 Å². The molecule has 1 aliphatic rings. The minimum atomic E-state index is -0.0341. The lowest BCUT2D eigenvalue weighted by molar-refractivity contribution is 0.0614. The van der Waals surface area contributed by atoms with E-state index in [1.165, 1.54) is 0 Å². The van der Waals surface area contributed by atoms with Crippen LogP contribution in [0.2, 0.25) is 0 Å². The van der Waals surface area contributed by atoms with Crippen molar-refractivity contribution in [1.82, 2.24) is 24.4 Å². The maximum absolute atomic E-state index is 12.6. The van der Waals surface area contributed by atoms with Gasteiger partial charge in [0.25, 0.3) is 5.91 Å². The molecule has 3 aromatic heterocycles. The first kappa shape index (κ1) is 14.0. The number of furan rings is 1. The van der Waals surface area contributed by atoms with Crippen LogP contribution in [0, 0.1) is 0 Å². The van der Waals surface area contributed by atoms with Gasteiger partial charge in [0.15, 0.2) is 11.3 Å². The van der Waals surface area contributed by atoms with Crippen LogP contribution in [0.5, 0.6) is 0 Å². The minimum absolute atomic E-state index is 0.0341. The van der Waals surface area contributed by atoms with E-state index in [4.69, 9.17) is 4.42 Å². The maximum atomic E-state index is 12.6. The number of rotatable bonds is 3. The predicted octanol–water partition coefficient (Wildman–Crippen LogP) is 1.28. The summed E-state index contributed by atoms with van der Waals surface area (Å²) in [5, 5.41) is 4.30. The highest BCUT2D eigenvalue weighted by Gasteiger charge is 2.24. The Morgan fingerprint density at radius 3 is 2.83 bits per heavy atom. The third-order valence-corrected chi connectivity index (χ3v) is 4.07. The zero-order chi connectivity index (χ0) is 15.6. The lowest BCUT2D eigenvalue weighted by atomic mass is 10.2. The fourth-order valence-electron chi connectivity index (χ4n) is 2.83. The molecule has 1 fully saturated rings. The second-order valence-electron chi connectivity index (χ2n) is 5.60. The van der Waals surface area contributed by atoms with Crippen LogP contribution in [-0.2, 0) is 6.54 Å². The molecule has 1 aliphatic heterocycles. The number of hydrogen-bond donors (Lipinski definition) is 0. The van der Waals surface area contributed by atoms with Gasteiger partial charge in [0.05, 0.1) is 12.8 Å². The van der Waals surface area contributed by atoms with Crippen LogP contribution in [-0.4, -0.2) is 56.5 Å². The van der Waals surface area contributed by atoms with Gasteiger partial charge in [0.2, 0.25) is 0 Å². The van der Waals surface area contributed by atoms with Gasteiger partial charge in [-0.25, -0.2) is 9.50 Å². The number of carbonyl (C=O) groups excluding carboxylic acids is 1. The van der Waals surface area contributed by atoms with Crippen LogP contribution in [0.15, 0.2) is 47.3 Å². The van der Waals surface area contributed by atoms with Gasteiger partial charge in [0.1, 0.15) is 5.76 Å². The van der Waals surface area contributed by atoms with Crippen molar-refractivity contribution in [2.24, 2.45) is 0 Å².